The molecule has 1 atom stereocenters. The van der Waals surface area contributed by atoms with Gasteiger partial charge >= 0.3 is 0 Å². The molecule has 42 heavy (non-hydrogen) atoms. The summed E-state index contributed by atoms with van der Waals surface area (Å²) in [5.41, 5.74) is 14.2. The molecule has 6 nitrogen and oxygen atoms in total. The molecule has 4 aliphatic rings. The molecule has 224 valence electrons. The lowest BCUT2D eigenvalue weighted by Crippen LogP contribution is -2.51. The lowest BCUT2D eigenvalue weighted by atomic mass is 9.87. The van der Waals surface area contributed by atoms with E-state index >= 15 is 0 Å². The van der Waals surface area contributed by atoms with E-state index in [0.717, 1.165) is 70.6 Å². The summed E-state index contributed by atoms with van der Waals surface area (Å²) in [6.45, 7) is 11.2. The van der Waals surface area contributed by atoms with Crippen LogP contribution in [0.2, 0.25) is 0 Å². The fourth-order valence-electron chi connectivity index (χ4n) is 6.62. The summed E-state index contributed by atoms with van der Waals surface area (Å²) in [4.78, 5) is 6.53. The Kier molecular flexibility index (Phi) is 8.96. The first-order valence-electron chi connectivity index (χ1n) is 16.0. The van der Waals surface area contributed by atoms with Crippen molar-refractivity contribution in [2.45, 2.75) is 70.4 Å². The number of likely N-dealkylation sites (tertiary alicyclic amines) is 1. The molecule has 1 unspecified atom stereocenters. The molecule has 2 aliphatic carbocycles. The highest BCUT2D eigenvalue weighted by Crippen LogP contribution is 2.36. The van der Waals surface area contributed by atoms with Gasteiger partial charge < -0.3 is 31.5 Å². The van der Waals surface area contributed by atoms with Gasteiger partial charge in [-0.25, -0.2) is 0 Å². The SMILES string of the molecule is CC/C=C(/N1CCNCC1)N1CCC(C)(Nc2ccc(C(NC3CC(c4cccs4)=CC=C3N)=C3CCC3)cc2)CC1. The second kappa shape index (κ2) is 13.0. The summed E-state index contributed by atoms with van der Waals surface area (Å²) < 4.78 is 0. The van der Waals surface area contributed by atoms with Gasteiger partial charge in [-0.15, -0.1) is 11.3 Å². The van der Waals surface area contributed by atoms with Crippen molar-refractivity contribution < 1.29 is 0 Å². The van der Waals surface area contributed by atoms with Crippen LogP contribution >= 0.6 is 11.3 Å². The molecular weight excluding hydrogens is 536 g/mol. The van der Waals surface area contributed by atoms with Crippen LogP contribution in [0.3, 0.4) is 0 Å². The van der Waals surface area contributed by atoms with Crippen molar-refractivity contribution in [1.29, 1.82) is 0 Å². The number of hydrogen-bond donors (Lipinski definition) is 4. The van der Waals surface area contributed by atoms with Gasteiger partial charge in [0.15, 0.2) is 0 Å². The molecule has 7 heteroatoms. The van der Waals surface area contributed by atoms with E-state index in [1.165, 1.54) is 58.1 Å². The van der Waals surface area contributed by atoms with Gasteiger partial charge in [0.1, 0.15) is 0 Å². The largest absolute Gasteiger partial charge is 0.400 e. The molecule has 0 radical (unpaired) electrons. The number of piperazine rings is 1. The maximum atomic E-state index is 6.52. The van der Waals surface area contributed by atoms with Crippen LogP contribution in [-0.4, -0.2) is 60.6 Å². The average molecular weight is 585 g/mol. The second-order valence-corrected chi connectivity index (χ2v) is 13.5. The predicted octanol–water partition coefficient (Wildman–Crippen LogP) is 6.35. The number of nitrogens with one attached hydrogen (secondary N) is 3. The first kappa shape index (κ1) is 28.9. The normalized spacial score (nSPS) is 22.7. The van der Waals surface area contributed by atoms with Gasteiger partial charge in [-0.1, -0.05) is 31.2 Å². The fourth-order valence-corrected chi connectivity index (χ4v) is 7.39. The van der Waals surface area contributed by atoms with Gasteiger partial charge in [0.25, 0.3) is 0 Å². The second-order valence-electron chi connectivity index (χ2n) is 12.5. The monoisotopic (exact) mass is 584 g/mol. The number of allylic oxidation sites excluding steroid dienone is 4. The molecule has 3 fully saturated rings. The zero-order chi connectivity index (χ0) is 28.9. The van der Waals surface area contributed by atoms with Crippen molar-refractivity contribution >= 4 is 28.3 Å². The summed E-state index contributed by atoms with van der Waals surface area (Å²) >= 11 is 1.80. The van der Waals surface area contributed by atoms with Gasteiger partial charge in [0.2, 0.25) is 0 Å². The van der Waals surface area contributed by atoms with E-state index in [9.17, 15) is 0 Å². The van der Waals surface area contributed by atoms with Gasteiger partial charge in [0, 0.05) is 66.8 Å². The van der Waals surface area contributed by atoms with Crippen molar-refractivity contribution in [3.63, 3.8) is 0 Å². The third-order valence-corrected chi connectivity index (χ3v) is 10.4. The standard InChI is InChI=1S/C35H48N6S/c1-3-6-33(41-22-18-37-19-23-41)40-20-16-35(2,17-21-40)39-29-13-10-27(11-14-29)34(26-7-4-8-26)38-31-25-28(12-15-30(31)36)32-9-5-24-42-32/h5-6,9-15,24,31,37-39H,3-4,7-8,16-23,25,36H2,1-2H3/b33-6+. The van der Waals surface area contributed by atoms with E-state index in [0.29, 0.717) is 0 Å². The number of thiophene rings is 1. The Morgan fingerprint density at radius 3 is 2.43 bits per heavy atom. The molecule has 0 spiro atoms. The highest BCUT2D eigenvalue weighted by atomic mass is 32.1. The Morgan fingerprint density at radius 2 is 1.79 bits per heavy atom. The summed E-state index contributed by atoms with van der Waals surface area (Å²) in [5, 5.41) is 13.4. The molecular formula is C35H48N6S. The van der Waals surface area contributed by atoms with Crippen molar-refractivity contribution in [3.05, 3.63) is 87.5 Å². The Balaban J connectivity index is 1.10. The molecule has 6 rings (SSSR count). The van der Waals surface area contributed by atoms with Gasteiger partial charge in [-0.3, -0.25) is 0 Å². The molecule has 2 saturated heterocycles. The number of anilines is 1. The van der Waals surface area contributed by atoms with Crippen molar-refractivity contribution in [1.82, 2.24) is 20.4 Å². The highest BCUT2D eigenvalue weighted by Gasteiger charge is 2.32. The zero-order valence-corrected chi connectivity index (χ0v) is 26.2. The van der Waals surface area contributed by atoms with Crippen molar-refractivity contribution in [3.8, 4) is 0 Å². The van der Waals surface area contributed by atoms with Crippen molar-refractivity contribution in [2.24, 2.45) is 5.73 Å². The van der Waals surface area contributed by atoms with Crippen LogP contribution in [0.5, 0.6) is 0 Å². The van der Waals surface area contributed by atoms with Crippen LogP contribution in [0.4, 0.5) is 5.69 Å². The first-order chi connectivity index (χ1) is 20.5. The number of nitrogens with zero attached hydrogens (tertiary/aromatic N) is 2. The summed E-state index contributed by atoms with van der Waals surface area (Å²) in [6, 6.07) is 13.6. The Labute approximate surface area is 256 Å². The quantitative estimate of drug-likeness (QED) is 0.275. The molecule has 0 amide bonds. The van der Waals surface area contributed by atoms with E-state index in [1.54, 1.807) is 11.3 Å². The lowest BCUT2D eigenvalue weighted by molar-refractivity contribution is 0.148. The Morgan fingerprint density at radius 1 is 1.05 bits per heavy atom. The predicted molar refractivity (Wildman–Crippen MR) is 179 cm³/mol. The van der Waals surface area contributed by atoms with E-state index in [4.69, 9.17) is 5.73 Å². The molecule has 5 N–H and O–H groups in total. The minimum Gasteiger partial charge on any atom is -0.400 e. The van der Waals surface area contributed by atoms with Gasteiger partial charge in [-0.05, 0) is 104 Å². The van der Waals surface area contributed by atoms with Gasteiger partial charge in [-0.2, -0.15) is 0 Å². The Hall–Kier alpha value is -3.16. The third-order valence-electron chi connectivity index (χ3n) is 9.41. The minimum absolute atomic E-state index is 0.0954. The van der Waals surface area contributed by atoms with Gasteiger partial charge in [0.05, 0.1) is 11.9 Å². The molecule has 1 aromatic heterocycles. The smallest absolute Gasteiger partial charge is 0.0998 e. The average Bonchev–Trinajstić information content (AvgIpc) is 3.52. The highest BCUT2D eigenvalue weighted by molar-refractivity contribution is 7.11. The third kappa shape index (κ3) is 6.57. The number of benzene rings is 1. The maximum Gasteiger partial charge on any atom is 0.0998 e. The summed E-state index contributed by atoms with van der Waals surface area (Å²) in [5.74, 6) is 1.45. The Bertz CT molecular complexity index is 1320. The van der Waals surface area contributed by atoms with E-state index in [2.05, 4.69) is 99.6 Å². The first-order valence-corrected chi connectivity index (χ1v) is 16.9. The lowest BCUT2D eigenvalue weighted by Gasteiger charge is -2.45. The molecule has 1 aromatic carbocycles. The van der Waals surface area contributed by atoms with Crippen LogP contribution in [0.25, 0.3) is 11.3 Å². The van der Waals surface area contributed by atoms with Crippen LogP contribution in [0.1, 0.15) is 69.2 Å². The molecule has 1 saturated carbocycles. The van der Waals surface area contributed by atoms with Crippen LogP contribution < -0.4 is 21.7 Å². The van der Waals surface area contributed by atoms with E-state index in [1.807, 2.05) is 0 Å². The molecule has 0 bridgehead atoms. The number of rotatable bonds is 9. The topological polar surface area (TPSA) is 68.6 Å². The molecule has 2 aliphatic heterocycles. The number of nitrogens with two attached hydrogens (primary N) is 1. The summed E-state index contributed by atoms with van der Waals surface area (Å²) in [6.07, 6.45) is 14.6. The van der Waals surface area contributed by atoms with E-state index < -0.39 is 0 Å². The fraction of sp³-hybridized carbons (Fsp3) is 0.486. The minimum atomic E-state index is 0.0954. The zero-order valence-electron chi connectivity index (χ0n) is 25.4. The van der Waals surface area contributed by atoms with Crippen LogP contribution in [-0.2, 0) is 0 Å². The molecule has 2 aromatic rings. The van der Waals surface area contributed by atoms with Crippen molar-refractivity contribution in [2.75, 3.05) is 44.6 Å². The molecule has 3 heterocycles. The van der Waals surface area contributed by atoms with Crippen LogP contribution in [0, 0.1) is 0 Å². The maximum absolute atomic E-state index is 6.52. The summed E-state index contributed by atoms with van der Waals surface area (Å²) in [7, 11) is 0. The van der Waals surface area contributed by atoms with Crippen LogP contribution in [0.15, 0.2) is 77.1 Å². The number of hydrogen-bond acceptors (Lipinski definition) is 7. The van der Waals surface area contributed by atoms with E-state index in [-0.39, 0.29) is 11.6 Å². The number of piperidine rings is 1.